The van der Waals surface area contributed by atoms with Crippen LogP contribution in [0.2, 0.25) is 5.02 Å². The van der Waals surface area contributed by atoms with E-state index in [0.29, 0.717) is 11.4 Å². The highest BCUT2D eigenvalue weighted by molar-refractivity contribution is 7.10. The second-order valence-corrected chi connectivity index (χ2v) is 5.68. The second kappa shape index (κ2) is 6.48. The molecular formula is C14H16ClFN2S. The summed E-state index contributed by atoms with van der Waals surface area (Å²) < 4.78 is 13.3. The van der Waals surface area contributed by atoms with Crippen LogP contribution >= 0.6 is 22.9 Å². The van der Waals surface area contributed by atoms with Crippen molar-refractivity contribution in [2.24, 2.45) is 5.84 Å². The molecule has 1 aromatic heterocycles. The van der Waals surface area contributed by atoms with E-state index in [1.54, 1.807) is 17.4 Å². The molecule has 0 bridgehead atoms. The minimum atomic E-state index is -0.280. The topological polar surface area (TPSA) is 38.0 Å². The molecule has 0 spiro atoms. The first kappa shape index (κ1) is 14.5. The van der Waals surface area contributed by atoms with E-state index in [0.717, 1.165) is 12.0 Å². The van der Waals surface area contributed by atoms with E-state index >= 15 is 0 Å². The number of hydrogen-bond donors (Lipinski definition) is 2. The van der Waals surface area contributed by atoms with Crippen LogP contribution < -0.4 is 11.3 Å². The van der Waals surface area contributed by atoms with Crippen molar-refractivity contribution in [2.45, 2.75) is 25.8 Å². The summed E-state index contributed by atoms with van der Waals surface area (Å²) >= 11 is 7.76. The Hall–Kier alpha value is -0.940. The lowest BCUT2D eigenvalue weighted by Crippen LogP contribution is -2.29. The Kier molecular flexibility index (Phi) is 4.93. The largest absolute Gasteiger partial charge is 0.271 e. The van der Waals surface area contributed by atoms with Gasteiger partial charge in [0, 0.05) is 9.90 Å². The molecular weight excluding hydrogens is 283 g/mol. The number of benzene rings is 1. The van der Waals surface area contributed by atoms with Gasteiger partial charge in [-0.2, -0.15) is 0 Å². The highest BCUT2D eigenvalue weighted by Crippen LogP contribution is 2.29. The van der Waals surface area contributed by atoms with E-state index in [1.807, 2.05) is 5.38 Å². The Morgan fingerprint density at radius 1 is 1.37 bits per heavy atom. The molecule has 19 heavy (non-hydrogen) atoms. The molecule has 1 aromatic carbocycles. The molecule has 1 unspecified atom stereocenters. The van der Waals surface area contributed by atoms with Gasteiger partial charge in [-0.05, 0) is 53.6 Å². The smallest absolute Gasteiger partial charge is 0.123 e. The number of thiophene rings is 1. The minimum absolute atomic E-state index is 0.0470. The van der Waals surface area contributed by atoms with Crippen molar-refractivity contribution in [1.29, 1.82) is 0 Å². The van der Waals surface area contributed by atoms with Crippen LogP contribution in [0.15, 0.2) is 29.6 Å². The normalized spacial score (nSPS) is 12.6. The van der Waals surface area contributed by atoms with Gasteiger partial charge >= 0.3 is 0 Å². The lowest BCUT2D eigenvalue weighted by atomic mass is 10.0. The Balaban J connectivity index is 2.26. The number of hydrazine groups is 1. The van der Waals surface area contributed by atoms with Crippen LogP contribution in [0, 0.1) is 5.82 Å². The third-order valence-electron chi connectivity index (χ3n) is 3.11. The maximum Gasteiger partial charge on any atom is 0.123 e. The van der Waals surface area contributed by atoms with Gasteiger partial charge < -0.3 is 0 Å². The van der Waals surface area contributed by atoms with E-state index in [4.69, 9.17) is 17.4 Å². The summed E-state index contributed by atoms with van der Waals surface area (Å²) in [6.45, 7) is 2.11. The van der Waals surface area contributed by atoms with Crippen molar-refractivity contribution in [3.63, 3.8) is 0 Å². The van der Waals surface area contributed by atoms with E-state index in [2.05, 4.69) is 18.4 Å². The lowest BCUT2D eigenvalue weighted by molar-refractivity contribution is 0.553. The van der Waals surface area contributed by atoms with Gasteiger partial charge in [0.15, 0.2) is 0 Å². The van der Waals surface area contributed by atoms with Crippen LogP contribution in [0.1, 0.15) is 29.0 Å². The van der Waals surface area contributed by atoms with E-state index in [1.165, 1.54) is 22.6 Å². The SMILES string of the molecule is CCc1ccsc1C(Cc1cc(F)ccc1Cl)NN. The second-order valence-electron chi connectivity index (χ2n) is 4.32. The molecule has 0 aliphatic heterocycles. The quantitative estimate of drug-likeness (QED) is 0.650. The summed E-state index contributed by atoms with van der Waals surface area (Å²) in [5.41, 5.74) is 4.83. The molecule has 2 rings (SSSR count). The number of nitrogens with one attached hydrogen (secondary N) is 1. The molecule has 0 aliphatic rings. The standard InChI is InChI=1S/C14H16ClFN2S/c1-2-9-5-6-19-14(9)13(18-17)8-10-7-11(16)3-4-12(10)15/h3-7,13,18H,2,8,17H2,1H3. The van der Waals surface area contributed by atoms with Crippen LogP contribution in [0.25, 0.3) is 0 Å². The first-order valence-corrected chi connectivity index (χ1v) is 7.37. The van der Waals surface area contributed by atoms with Crippen LogP contribution in [-0.2, 0) is 12.8 Å². The minimum Gasteiger partial charge on any atom is -0.271 e. The van der Waals surface area contributed by atoms with Gasteiger partial charge in [0.25, 0.3) is 0 Å². The Labute approximate surface area is 121 Å². The van der Waals surface area contributed by atoms with Crippen molar-refractivity contribution in [3.05, 3.63) is 56.5 Å². The van der Waals surface area contributed by atoms with E-state index in [-0.39, 0.29) is 11.9 Å². The van der Waals surface area contributed by atoms with Gasteiger partial charge in [-0.3, -0.25) is 11.3 Å². The third-order valence-corrected chi connectivity index (χ3v) is 4.55. The summed E-state index contributed by atoms with van der Waals surface area (Å²) in [5.74, 6) is 5.36. The Bertz CT molecular complexity index is 556. The Morgan fingerprint density at radius 2 is 2.16 bits per heavy atom. The van der Waals surface area contributed by atoms with Crippen LogP contribution in [0.3, 0.4) is 0 Å². The van der Waals surface area contributed by atoms with Gasteiger partial charge in [0.05, 0.1) is 6.04 Å². The maximum atomic E-state index is 13.3. The maximum absolute atomic E-state index is 13.3. The zero-order chi connectivity index (χ0) is 13.8. The average molecular weight is 299 g/mol. The molecule has 0 radical (unpaired) electrons. The van der Waals surface area contributed by atoms with Gasteiger partial charge in [-0.25, -0.2) is 4.39 Å². The predicted molar refractivity (Wildman–Crippen MR) is 78.9 cm³/mol. The van der Waals surface area contributed by atoms with Crippen molar-refractivity contribution >= 4 is 22.9 Å². The fourth-order valence-electron chi connectivity index (χ4n) is 2.09. The first-order valence-electron chi connectivity index (χ1n) is 6.12. The summed E-state index contributed by atoms with van der Waals surface area (Å²) in [6, 6.07) is 6.45. The zero-order valence-corrected chi connectivity index (χ0v) is 12.2. The third kappa shape index (κ3) is 3.34. The van der Waals surface area contributed by atoms with Crippen LogP contribution in [0.4, 0.5) is 4.39 Å². The molecule has 0 aliphatic carbocycles. The van der Waals surface area contributed by atoms with Gasteiger partial charge in [-0.1, -0.05) is 18.5 Å². The number of hydrogen-bond acceptors (Lipinski definition) is 3. The highest BCUT2D eigenvalue weighted by Gasteiger charge is 2.17. The van der Waals surface area contributed by atoms with Crippen molar-refractivity contribution < 1.29 is 4.39 Å². The summed E-state index contributed by atoms with van der Waals surface area (Å²) in [6.07, 6.45) is 1.52. The predicted octanol–water partition coefficient (Wildman–Crippen LogP) is 3.85. The summed E-state index contributed by atoms with van der Waals surface area (Å²) in [5, 5.41) is 2.61. The van der Waals surface area contributed by atoms with Crippen molar-refractivity contribution in [2.75, 3.05) is 0 Å². The molecule has 102 valence electrons. The van der Waals surface area contributed by atoms with Crippen LogP contribution in [-0.4, -0.2) is 0 Å². The average Bonchev–Trinajstić information content (AvgIpc) is 2.88. The molecule has 0 fully saturated rings. The van der Waals surface area contributed by atoms with Crippen molar-refractivity contribution in [1.82, 2.24) is 5.43 Å². The van der Waals surface area contributed by atoms with Crippen molar-refractivity contribution in [3.8, 4) is 0 Å². The van der Waals surface area contributed by atoms with Gasteiger partial charge in [0.1, 0.15) is 5.82 Å². The number of halogens is 2. The highest BCUT2D eigenvalue weighted by atomic mass is 35.5. The summed E-state index contributed by atoms with van der Waals surface area (Å²) in [7, 11) is 0. The molecule has 0 saturated heterocycles. The molecule has 5 heteroatoms. The fraction of sp³-hybridized carbons (Fsp3) is 0.286. The molecule has 3 N–H and O–H groups in total. The van der Waals surface area contributed by atoms with Gasteiger partial charge in [-0.15, -0.1) is 11.3 Å². The van der Waals surface area contributed by atoms with Crippen LogP contribution in [0.5, 0.6) is 0 Å². The number of aryl methyl sites for hydroxylation is 1. The number of rotatable bonds is 5. The van der Waals surface area contributed by atoms with E-state index in [9.17, 15) is 4.39 Å². The lowest BCUT2D eigenvalue weighted by Gasteiger charge is -2.17. The van der Waals surface area contributed by atoms with E-state index < -0.39 is 0 Å². The zero-order valence-electron chi connectivity index (χ0n) is 10.6. The monoisotopic (exact) mass is 298 g/mol. The first-order chi connectivity index (χ1) is 9.15. The molecule has 2 aromatic rings. The Morgan fingerprint density at radius 3 is 2.84 bits per heavy atom. The fourth-order valence-corrected chi connectivity index (χ4v) is 3.35. The number of nitrogens with two attached hydrogens (primary N) is 1. The molecule has 1 atom stereocenters. The molecule has 2 nitrogen and oxygen atoms in total. The molecule has 0 saturated carbocycles. The summed E-state index contributed by atoms with van der Waals surface area (Å²) in [4.78, 5) is 1.19. The molecule has 0 amide bonds. The van der Waals surface area contributed by atoms with Gasteiger partial charge in [0.2, 0.25) is 0 Å². The molecule has 1 heterocycles.